The quantitative estimate of drug-likeness (QED) is 0.790. The molecule has 0 unspecified atom stereocenters. The molecule has 0 radical (unpaired) electrons. The highest BCUT2D eigenvalue weighted by Crippen LogP contribution is 2.27. The van der Waals surface area contributed by atoms with Gasteiger partial charge in [0.25, 0.3) is 0 Å². The molecule has 2 amide bonds. The Morgan fingerprint density at radius 1 is 1.10 bits per heavy atom. The standard InChI is InChI=1S/C21H26FN5O2/c1-15(28)25-10-2-3-17(13-25)21-24-23-19-14-26(11-12-27(19)21)20(29)9-6-16-4-7-18(22)8-5-16/h4-5,7-8,17H,2-3,6,9-14H2,1H3/t17-/m0/s1. The van der Waals surface area contributed by atoms with Gasteiger partial charge in [-0.2, -0.15) is 0 Å². The Morgan fingerprint density at radius 2 is 1.90 bits per heavy atom. The molecule has 2 aromatic rings. The Balaban J connectivity index is 1.37. The Kier molecular flexibility index (Phi) is 5.60. The second-order valence-corrected chi connectivity index (χ2v) is 7.87. The van der Waals surface area contributed by atoms with Crippen LogP contribution in [0.3, 0.4) is 0 Å². The van der Waals surface area contributed by atoms with Gasteiger partial charge in [-0.15, -0.1) is 10.2 Å². The maximum absolute atomic E-state index is 13.0. The van der Waals surface area contributed by atoms with Crippen LogP contribution in [0.4, 0.5) is 4.39 Å². The number of fused-ring (bicyclic) bond motifs is 1. The second kappa shape index (κ2) is 8.31. The van der Waals surface area contributed by atoms with Gasteiger partial charge in [0.2, 0.25) is 11.8 Å². The monoisotopic (exact) mass is 399 g/mol. The van der Waals surface area contributed by atoms with Crippen molar-refractivity contribution in [3.63, 3.8) is 0 Å². The SMILES string of the molecule is CC(=O)N1CCC[C@H](c2nnc3n2CCN(C(=O)CCc2ccc(F)cc2)C3)C1. The second-order valence-electron chi connectivity index (χ2n) is 7.87. The molecule has 0 aliphatic carbocycles. The van der Waals surface area contributed by atoms with Crippen LogP contribution in [0.1, 0.15) is 49.3 Å². The van der Waals surface area contributed by atoms with Crippen molar-refractivity contribution < 1.29 is 14.0 Å². The van der Waals surface area contributed by atoms with Crippen LogP contribution in [-0.2, 0) is 29.1 Å². The number of amides is 2. The Labute approximate surface area is 169 Å². The molecule has 1 saturated heterocycles. The van der Waals surface area contributed by atoms with Crippen molar-refractivity contribution in [2.75, 3.05) is 19.6 Å². The normalized spacial score (nSPS) is 19.2. The first-order chi connectivity index (χ1) is 14.0. The van der Waals surface area contributed by atoms with Crippen molar-refractivity contribution in [2.45, 2.75) is 51.6 Å². The lowest BCUT2D eigenvalue weighted by Crippen LogP contribution is -2.41. The lowest BCUT2D eigenvalue weighted by molar-refractivity contribution is -0.133. The fraction of sp³-hybridized carbons (Fsp3) is 0.524. The number of halogens is 1. The molecule has 1 fully saturated rings. The summed E-state index contributed by atoms with van der Waals surface area (Å²) in [6.45, 7) is 4.87. The van der Waals surface area contributed by atoms with Gasteiger partial charge >= 0.3 is 0 Å². The molecular weight excluding hydrogens is 373 g/mol. The highest BCUT2D eigenvalue weighted by molar-refractivity contribution is 5.76. The van der Waals surface area contributed by atoms with E-state index in [9.17, 15) is 14.0 Å². The van der Waals surface area contributed by atoms with Crippen molar-refractivity contribution in [1.29, 1.82) is 0 Å². The molecular formula is C21H26FN5O2. The minimum Gasteiger partial charge on any atom is -0.342 e. The molecule has 7 nitrogen and oxygen atoms in total. The van der Waals surface area contributed by atoms with Crippen LogP contribution in [0.5, 0.6) is 0 Å². The average molecular weight is 399 g/mol. The molecule has 3 heterocycles. The van der Waals surface area contributed by atoms with Gasteiger partial charge in [-0.25, -0.2) is 4.39 Å². The minimum atomic E-state index is -0.268. The number of carbonyl (C=O) groups excluding carboxylic acids is 2. The number of hydrogen-bond acceptors (Lipinski definition) is 4. The highest BCUT2D eigenvalue weighted by Gasteiger charge is 2.30. The summed E-state index contributed by atoms with van der Waals surface area (Å²) in [6, 6.07) is 6.28. The summed E-state index contributed by atoms with van der Waals surface area (Å²) in [6.07, 6.45) is 2.96. The van der Waals surface area contributed by atoms with E-state index in [1.165, 1.54) is 12.1 Å². The van der Waals surface area contributed by atoms with Crippen LogP contribution < -0.4 is 0 Å². The fourth-order valence-corrected chi connectivity index (χ4v) is 4.23. The first-order valence-corrected chi connectivity index (χ1v) is 10.2. The van der Waals surface area contributed by atoms with Gasteiger partial charge in [0, 0.05) is 45.4 Å². The number of likely N-dealkylation sites (tertiary alicyclic amines) is 1. The summed E-state index contributed by atoms with van der Waals surface area (Å²) in [4.78, 5) is 28.0. The number of aromatic nitrogens is 3. The minimum absolute atomic E-state index is 0.0746. The van der Waals surface area contributed by atoms with E-state index in [1.54, 1.807) is 19.1 Å². The molecule has 2 aliphatic rings. The van der Waals surface area contributed by atoms with Crippen LogP contribution in [-0.4, -0.2) is 56.0 Å². The van der Waals surface area contributed by atoms with Gasteiger partial charge in [-0.05, 0) is 37.0 Å². The van der Waals surface area contributed by atoms with Crippen LogP contribution in [0.15, 0.2) is 24.3 Å². The zero-order chi connectivity index (χ0) is 20.4. The number of nitrogens with zero attached hydrogens (tertiary/aromatic N) is 5. The van der Waals surface area contributed by atoms with E-state index in [-0.39, 0.29) is 23.5 Å². The molecule has 0 saturated carbocycles. The molecule has 1 aromatic carbocycles. The lowest BCUT2D eigenvalue weighted by Gasteiger charge is -2.33. The van der Waals surface area contributed by atoms with Gasteiger partial charge in [0.1, 0.15) is 11.6 Å². The van der Waals surface area contributed by atoms with Gasteiger partial charge in [-0.3, -0.25) is 9.59 Å². The van der Waals surface area contributed by atoms with Crippen molar-refractivity contribution in [1.82, 2.24) is 24.6 Å². The first-order valence-electron chi connectivity index (χ1n) is 10.2. The summed E-state index contributed by atoms with van der Waals surface area (Å²) in [5.74, 6) is 1.85. The van der Waals surface area contributed by atoms with E-state index in [1.807, 2.05) is 9.80 Å². The smallest absolute Gasteiger partial charge is 0.223 e. The van der Waals surface area contributed by atoms with Gasteiger partial charge in [0.15, 0.2) is 5.82 Å². The number of piperidine rings is 1. The molecule has 1 atom stereocenters. The summed E-state index contributed by atoms with van der Waals surface area (Å²) < 4.78 is 15.1. The Bertz CT molecular complexity index is 895. The van der Waals surface area contributed by atoms with Gasteiger partial charge < -0.3 is 14.4 Å². The maximum atomic E-state index is 13.0. The first kappa shape index (κ1) is 19.5. The summed E-state index contributed by atoms with van der Waals surface area (Å²) in [5.41, 5.74) is 0.953. The van der Waals surface area contributed by atoms with Crippen LogP contribution in [0.2, 0.25) is 0 Å². The van der Waals surface area contributed by atoms with Crippen LogP contribution >= 0.6 is 0 Å². The fourth-order valence-electron chi connectivity index (χ4n) is 4.23. The van der Waals surface area contributed by atoms with E-state index < -0.39 is 0 Å². The van der Waals surface area contributed by atoms with Crippen LogP contribution in [0, 0.1) is 5.82 Å². The van der Waals surface area contributed by atoms with E-state index in [0.29, 0.717) is 39.0 Å². The predicted octanol–water partition coefficient (Wildman–Crippen LogP) is 2.12. The Morgan fingerprint density at radius 3 is 2.66 bits per heavy atom. The summed E-state index contributed by atoms with van der Waals surface area (Å²) in [7, 11) is 0. The number of aryl methyl sites for hydroxylation is 1. The molecule has 0 spiro atoms. The van der Waals surface area contributed by atoms with Gasteiger partial charge in [0.05, 0.1) is 6.54 Å². The largest absolute Gasteiger partial charge is 0.342 e. The predicted molar refractivity (Wildman–Crippen MR) is 104 cm³/mol. The molecule has 29 heavy (non-hydrogen) atoms. The Hall–Kier alpha value is -2.77. The van der Waals surface area contributed by atoms with Gasteiger partial charge in [-0.1, -0.05) is 12.1 Å². The third-order valence-corrected chi connectivity index (χ3v) is 5.91. The zero-order valence-corrected chi connectivity index (χ0v) is 16.7. The lowest BCUT2D eigenvalue weighted by atomic mass is 9.97. The number of carbonyl (C=O) groups is 2. The summed E-state index contributed by atoms with van der Waals surface area (Å²) in [5, 5.41) is 8.75. The van der Waals surface area contributed by atoms with Crippen LogP contribution in [0.25, 0.3) is 0 Å². The molecule has 2 aliphatic heterocycles. The molecule has 0 N–H and O–H groups in total. The van der Waals surface area contributed by atoms with Crippen molar-refractivity contribution in [3.05, 3.63) is 47.3 Å². The average Bonchev–Trinajstić information content (AvgIpc) is 3.16. The molecule has 154 valence electrons. The third kappa shape index (κ3) is 4.31. The zero-order valence-electron chi connectivity index (χ0n) is 16.7. The summed E-state index contributed by atoms with van der Waals surface area (Å²) >= 11 is 0. The third-order valence-electron chi connectivity index (χ3n) is 5.91. The number of benzene rings is 1. The molecule has 4 rings (SSSR count). The maximum Gasteiger partial charge on any atom is 0.223 e. The van der Waals surface area contributed by atoms with E-state index >= 15 is 0 Å². The van der Waals surface area contributed by atoms with Crippen molar-refractivity contribution in [3.8, 4) is 0 Å². The molecule has 1 aromatic heterocycles. The van der Waals surface area contributed by atoms with E-state index in [2.05, 4.69) is 14.8 Å². The van der Waals surface area contributed by atoms with E-state index in [0.717, 1.165) is 36.6 Å². The van der Waals surface area contributed by atoms with Crippen molar-refractivity contribution in [2.24, 2.45) is 0 Å². The molecule has 0 bridgehead atoms. The number of hydrogen-bond donors (Lipinski definition) is 0. The molecule has 8 heteroatoms. The van der Waals surface area contributed by atoms with E-state index in [4.69, 9.17) is 0 Å². The topological polar surface area (TPSA) is 71.3 Å². The highest BCUT2D eigenvalue weighted by atomic mass is 19.1. The van der Waals surface area contributed by atoms with Crippen molar-refractivity contribution >= 4 is 11.8 Å². The number of rotatable bonds is 4.